The van der Waals surface area contributed by atoms with Gasteiger partial charge in [0.05, 0.1) is 6.10 Å². The summed E-state index contributed by atoms with van der Waals surface area (Å²) < 4.78 is 0. The summed E-state index contributed by atoms with van der Waals surface area (Å²) in [6, 6.07) is 7.31. The molecule has 0 atom stereocenters. The van der Waals surface area contributed by atoms with Crippen molar-refractivity contribution in [3.8, 4) is 0 Å². The molecule has 0 aliphatic heterocycles. The van der Waals surface area contributed by atoms with Crippen LogP contribution in [0, 0.1) is 13.8 Å². The minimum atomic E-state index is 0.259. The van der Waals surface area contributed by atoms with E-state index in [-0.39, 0.29) is 6.10 Å². The van der Waals surface area contributed by atoms with Gasteiger partial charge in [0.15, 0.2) is 0 Å². The standard InChI is InChI=1S/C15H24N2O/c1-11-4-5-14(10-12(11)2)17(3)13-6-8-15(18-16)9-7-13/h4-5,10,13,15H,6-9,16H2,1-3H3. The molecule has 0 heterocycles. The van der Waals surface area contributed by atoms with Crippen LogP contribution >= 0.6 is 0 Å². The van der Waals surface area contributed by atoms with E-state index in [1.54, 1.807) is 0 Å². The molecular weight excluding hydrogens is 224 g/mol. The van der Waals surface area contributed by atoms with Crippen molar-refractivity contribution in [2.45, 2.75) is 51.7 Å². The van der Waals surface area contributed by atoms with E-state index < -0.39 is 0 Å². The lowest BCUT2D eigenvalue weighted by Crippen LogP contribution is -2.37. The maximum Gasteiger partial charge on any atom is 0.0789 e. The minimum Gasteiger partial charge on any atom is -0.372 e. The summed E-state index contributed by atoms with van der Waals surface area (Å²) >= 11 is 0. The molecule has 2 rings (SSSR count). The third kappa shape index (κ3) is 2.85. The first kappa shape index (κ1) is 13.4. The second kappa shape index (κ2) is 5.72. The molecule has 18 heavy (non-hydrogen) atoms. The van der Waals surface area contributed by atoms with Gasteiger partial charge in [-0.25, -0.2) is 5.90 Å². The van der Waals surface area contributed by atoms with Crippen molar-refractivity contribution in [3.05, 3.63) is 29.3 Å². The Labute approximate surface area is 110 Å². The lowest BCUT2D eigenvalue weighted by atomic mass is 9.91. The number of rotatable bonds is 3. The summed E-state index contributed by atoms with van der Waals surface area (Å²) in [6.07, 6.45) is 4.71. The first-order chi connectivity index (χ1) is 8.61. The zero-order valence-corrected chi connectivity index (χ0v) is 11.6. The van der Waals surface area contributed by atoms with Crippen LogP contribution < -0.4 is 10.8 Å². The Morgan fingerprint density at radius 2 is 1.78 bits per heavy atom. The molecule has 2 N–H and O–H groups in total. The van der Waals surface area contributed by atoms with E-state index >= 15 is 0 Å². The molecule has 1 saturated carbocycles. The van der Waals surface area contributed by atoms with E-state index in [1.807, 2.05) is 0 Å². The number of hydrogen-bond acceptors (Lipinski definition) is 3. The Morgan fingerprint density at radius 3 is 2.33 bits per heavy atom. The Bertz CT molecular complexity index is 397. The molecule has 1 aromatic rings. The Hall–Kier alpha value is -1.06. The Balaban J connectivity index is 2.03. The molecule has 100 valence electrons. The number of anilines is 1. The molecule has 0 bridgehead atoms. The monoisotopic (exact) mass is 248 g/mol. The molecule has 0 unspecified atom stereocenters. The van der Waals surface area contributed by atoms with E-state index in [4.69, 9.17) is 10.7 Å². The largest absolute Gasteiger partial charge is 0.372 e. The van der Waals surface area contributed by atoms with Crippen LogP contribution in [0.2, 0.25) is 0 Å². The predicted octanol–water partition coefficient (Wildman–Crippen LogP) is 2.94. The van der Waals surface area contributed by atoms with Gasteiger partial charge in [-0.1, -0.05) is 6.07 Å². The highest BCUT2D eigenvalue weighted by molar-refractivity contribution is 5.50. The molecule has 3 heteroatoms. The van der Waals surface area contributed by atoms with Gasteiger partial charge in [0, 0.05) is 18.8 Å². The smallest absolute Gasteiger partial charge is 0.0789 e. The van der Waals surface area contributed by atoms with Gasteiger partial charge in [-0.3, -0.25) is 0 Å². The van der Waals surface area contributed by atoms with Crippen LogP contribution in [0.3, 0.4) is 0 Å². The normalized spacial score (nSPS) is 24.0. The fourth-order valence-corrected chi connectivity index (χ4v) is 2.72. The predicted molar refractivity (Wildman–Crippen MR) is 75.6 cm³/mol. The summed E-state index contributed by atoms with van der Waals surface area (Å²) in [5.74, 6) is 5.26. The van der Waals surface area contributed by atoms with E-state index in [0.717, 1.165) is 25.7 Å². The average Bonchev–Trinajstić information content (AvgIpc) is 2.41. The summed E-state index contributed by atoms with van der Waals surface area (Å²) in [5, 5.41) is 0. The van der Waals surface area contributed by atoms with Crippen molar-refractivity contribution >= 4 is 5.69 Å². The molecule has 1 fully saturated rings. The van der Waals surface area contributed by atoms with Crippen LogP contribution in [0.1, 0.15) is 36.8 Å². The zero-order valence-electron chi connectivity index (χ0n) is 11.6. The van der Waals surface area contributed by atoms with E-state index in [0.29, 0.717) is 6.04 Å². The van der Waals surface area contributed by atoms with E-state index in [9.17, 15) is 0 Å². The zero-order chi connectivity index (χ0) is 13.1. The highest BCUT2D eigenvalue weighted by Gasteiger charge is 2.24. The highest BCUT2D eigenvalue weighted by Crippen LogP contribution is 2.28. The second-order valence-corrected chi connectivity index (χ2v) is 5.45. The van der Waals surface area contributed by atoms with Crippen LogP contribution in [0.15, 0.2) is 18.2 Å². The van der Waals surface area contributed by atoms with Crippen LogP contribution in [-0.2, 0) is 4.84 Å². The topological polar surface area (TPSA) is 38.5 Å². The lowest BCUT2D eigenvalue weighted by molar-refractivity contribution is 0.0243. The van der Waals surface area contributed by atoms with Crippen molar-refractivity contribution in [1.82, 2.24) is 0 Å². The molecular formula is C15H24N2O. The van der Waals surface area contributed by atoms with Gasteiger partial charge >= 0.3 is 0 Å². The average molecular weight is 248 g/mol. The summed E-state index contributed by atoms with van der Waals surface area (Å²) in [5.41, 5.74) is 4.03. The van der Waals surface area contributed by atoms with Crippen molar-refractivity contribution < 1.29 is 4.84 Å². The molecule has 0 saturated heterocycles. The molecule has 0 aromatic heterocycles. The SMILES string of the molecule is Cc1ccc(N(C)C2CCC(ON)CC2)cc1C. The third-order valence-electron chi connectivity index (χ3n) is 4.28. The van der Waals surface area contributed by atoms with Crippen molar-refractivity contribution in [3.63, 3.8) is 0 Å². The van der Waals surface area contributed by atoms with Gasteiger partial charge in [-0.2, -0.15) is 0 Å². The highest BCUT2D eigenvalue weighted by atomic mass is 16.6. The van der Waals surface area contributed by atoms with E-state index in [2.05, 4.69) is 44.0 Å². The number of aryl methyl sites for hydroxylation is 2. The quantitative estimate of drug-likeness (QED) is 0.836. The summed E-state index contributed by atoms with van der Waals surface area (Å²) in [6.45, 7) is 4.33. The fraction of sp³-hybridized carbons (Fsp3) is 0.600. The van der Waals surface area contributed by atoms with Gasteiger partial charge in [0.2, 0.25) is 0 Å². The van der Waals surface area contributed by atoms with Gasteiger partial charge in [0.1, 0.15) is 0 Å². The molecule has 1 aromatic carbocycles. The van der Waals surface area contributed by atoms with Gasteiger partial charge in [-0.15, -0.1) is 0 Å². The maximum absolute atomic E-state index is 5.26. The molecule has 0 spiro atoms. The van der Waals surface area contributed by atoms with Crippen LogP contribution in [0.25, 0.3) is 0 Å². The number of nitrogens with two attached hydrogens (primary N) is 1. The van der Waals surface area contributed by atoms with Crippen molar-refractivity contribution in [2.75, 3.05) is 11.9 Å². The van der Waals surface area contributed by atoms with Crippen LogP contribution in [0.5, 0.6) is 0 Å². The lowest BCUT2D eigenvalue weighted by Gasteiger charge is -2.35. The maximum atomic E-state index is 5.26. The number of nitrogens with zero attached hydrogens (tertiary/aromatic N) is 1. The first-order valence-corrected chi connectivity index (χ1v) is 6.77. The van der Waals surface area contributed by atoms with Crippen LogP contribution in [-0.4, -0.2) is 19.2 Å². The van der Waals surface area contributed by atoms with Crippen LogP contribution in [0.4, 0.5) is 5.69 Å². The summed E-state index contributed by atoms with van der Waals surface area (Å²) in [4.78, 5) is 7.34. The molecule has 0 amide bonds. The van der Waals surface area contributed by atoms with E-state index in [1.165, 1.54) is 16.8 Å². The Kier molecular flexibility index (Phi) is 4.25. The van der Waals surface area contributed by atoms with Gasteiger partial charge in [0.25, 0.3) is 0 Å². The summed E-state index contributed by atoms with van der Waals surface area (Å²) in [7, 11) is 2.19. The third-order valence-corrected chi connectivity index (χ3v) is 4.28. The first-order valence-electron chi connectivity index (χ1n) is 6.77. The van der Waals surface area contributed by atoms with Crippen molar-refractivity contribution in [2.24, 2.45) is 5.90 Å². The molecule has 1 aliphatic rings. The fourth-order valence-electron chi connectivity index (χ4n) is 2.72. The second-order valence-electron chi connectivity index (χ2n) is 5.45. The number of benzene rings is 1. The van der Waals surface area contributed by atoms with Gasteiger partial charge < -0.3 is 9.74 Å². The molecule has 0 radical (unpaired) electrons. The molecule has 1 aliphatic carbocycles. The molecule has 3 nitrogen and oxygen atoms in total. The number of hydrogen-bond donors (Lipinski definition) is 1. The van der Waals surface area contributed by atoms with Gasteiger partial charge in [-0.05, 0) is 62.8 Å². The minimum absolute atomic E-state index is 0.259. The van der Waals surface area contributed by atoms with Crippen molar-refractivity contribution in [1.29, 1.82) is 0 Å². The Morgan fingerprint density at radius 1 is 1.11 bits per heavy atom.